The number of carbonyl (C=O) groups excluding carboxylic acids is 1. The van der Waals surface area contributed by atoms with E-state index < -0.39 is 5.60 Å². The Bertz CT molecular complexity index is 1340. The molecule has 182 valence electrons. The summed E-state index contributed by atoms with van der Waals surface area (Å²) < 4.78 is 1.72. The average Bonchev–Trinajstić information content (AvgIpc) is 3.50. The zero-order chi connectivity index (χ0) is 24.6. The Morgan fingerprint density at radius 1 is 1.20 bits per heavy atom. The Labute approximate surface area is 207 Å². The second kappa shape index (κ2) is 9.37. The summed E-state index contributed by atoms with van der Waals surface area (Å²) in [7, 11) is 0. The summed E-state index contributed by atoms with van der Waals surface area (Å²) in [4.78, 5) is 25.6. The molecule has 1 aliphatic rings. The van der Waals surface area contributed by atoms with Gasteiger partial charge in [0.2, 0.25) is 0 Å². The Morgan fingerprint density at radius 3 is 2.74 bits per heavy atom. The van der Waals surface area contributed by atoms with Crippen molar-refractivity contribution in [2.45, 2.75) is 32.4 Å². The molecule has 0 aromatic carbocycles. The highest BCUT2D eigenvalue weighted by Crippen LogP contribution is 2.30. The van der Waals surface area contributed by atoms with E-state index in [0.29, 0.717) is 48.1 Å². The van der Waals surface area contributed by atoms with Crippen LogP contribution in [0.25, 0.3) is 27.6 Å². The average molecular weight is 492 g/mol. The first-order valence-electron chi connectivity index (χ1n) is 11.7. The quantitative estimate of drug-likeness (QED) is 0.348. The number of nitrogens with zero attached hydrogens (tertiary/aromatic N) is 5. The van der Waals surface area contributed by atoms with Gasteiger partial charge in [-0.2, -0.15) is 5.10 Å². The molecule has 4 aromatic rings. The molecule has 0 aliphatic carbocycles. The predicted molar refractivity (Wildman–Crippen MR) is 138 cm³/mol. The number of amides is 1. The van der Waals surface area contributed by atoms with Gasteiger partial charge in [0.1, 0.15) is 11.5 Å². The summed E-state index contributed by atoms with van der Waals surface area (Å²) in [5, 5.41) is 23.2. The molecular formula is C25H29N7O2S. The molecule has 3 N–H and O–H groups in total. The second-order valence-corrected chi connectivity index (χ2v) is 10.2. The highest BCUT2D eigenvalue weighted by atomic mass is 32.1. The van der Waals surface area contributed by atoms with Crippen molar-refractivity contribution in [3.63, 3.8) is 0 Å². The third-order valence-corrected chi connectivity index (χ3v) is 6.84. The number of likely N-dealkylation sites (N-methyl/N-ethyl adjacent to an activating group) is 1. The third-order valence-electron chi connectivity index (χ3n) is 5.94. The molecule has 5 rings (SSSR count). The largest absolute Gasteiger partial charge is 0.386 e. The molecule has 1 saturated heterocycles. The topological polar surface area (TPSA) is 108 Å². The highest BCUT2D eigenvalue weighted by Gasteiger charge is 2.37. The Balaban J connectivity index is 1.48. The smallest absolute Gasteiger partial charge is 0.251 e. The Morgan fingerprint density at radius 2 is 2.03 bits per heavy atom. The molecule has 5 heterocycles. The van der Waals surface area contributed by atoms with E-state index in [1.54, 1.807) is 34.9 Å². The number of nitrogens with one attached hydrogen (secondary N) is 2. The van der Waals surface area contributed by atoms with E-state index in [4.69, 9.17) is 9.97 Å². The maximum absolute atomic E-state index is 13.0. The number of aliphatic hydroxyl groups is 1. The summed E-state index contributed by atoms with van der Waals surface area (Å²) >= 11 is 1.64. The fourth-order valence-electron chi connectivity index (χ4n) is 4.21. The highest BCUT2D eigenvalue weighted by molar-refractivity contribution is 7.13. The zero-order valence-corrected chi connectivity index (χ0v) is 20.8. The van der Waals surface area contributed by atoms with Crippen molar-refractivity contribution in [3.05, 3.63) is 53.5 Å². The number of pyridine rings is 1. The van der Waals surface area contributed by atoms with Crippen molar-refractivity contribution < 1.29 is 9.90 Å². The van der Waals surface area contributed by atoms with Gasteiger partial charge in [0, 0.05) is 43.5 Å². The third kappa shape index (κ3) is 5.04. The van der Waals surface area contributed by atoms with Crippen LogP contribution >= 0.6 is 11.3 Å². The number of thiophene rings is 1. The molecule has 1 atom stereocenters. The standard InChI is InChI=1S/C25H29N7O2S/c1-4-26-16(2)13-27-24(33)17-10-19(29-22(11-17)31-14-25(3,34)15-31)20-12-23-28-18(7-8-32(23)30-20)21-6-5-9-35-21/h5-12,16,26,34H,4,13-15H2,1-3H3,(H,27,33)/t16-/m0/s1. The van der Waals surface area contributed by atoms with E-state index in [0.717, 1.165) is 17.1 Å². The first-order valence-corrected chi connectivity index (χ1v) is 12.6. The van der Waals surface area contributed by atoms with Crippen LogP contribution in [0.5, 0.6) is 0 Å². The van der Waals surface area contributed by atoms with Crippen LogP contribution in [0, 0.1) is 0 Å². The van der Waals surface area contributed by atoms with Gasteiger partial charge in [-0.25, -0.2) is 14.5 Å². The van der Waals surface area contributed by atoms with E-state index in [1.807, 2.05) is 54.6 Å². The van der Waals surface area contributed by atoms with Crippen LogP contribution in [-0.2, 0) is 0 Å². The fourth-order valence-corrected chi connectivity index (χ4v) is 4.91. The number of hydrogen-bond donors (Lipinski definition) is 3. The van der Waals surface area contributed by atoms with Crippen LogP contribution in [0.1, 0.15) is 31.1 Å². The number of aromatic nitrogens is 4. The lowest BCUT2D eigenvalue weighted by atomic mass is 9.97. The van der Waals surface area contributed by atoms with Gasteiger partial charge in [-0.15, -0.1) is 11.3 Å². The number of hydrogen-bond acceptors (Lipinski definition) is 8. The maximum Gasteiger partial charge on any atom is 0.251 e. The van der Waals surface area contributed by atoms with Gasteiger partial charge in [0.25, 0.3) is 5.91 Å². The van der Waals surface area contributed by atoms with Crippen LogP contribution in [-0.4, -0.2) is 68.4 Å². The van der Waals surface area contributed by atoms with Crippen LogP contribution in [0.3, 0.4) is 0 Å². The minimum Gasteiger partial charge on any atom is -0.386 e. The monoisotopic (exact) mass is 491 g/mol. The molecular weight excluding hydrogens is 462 g/mol. The van der Waals surface area contributed by atoms with Crippen molar-refractivity contribution in [2.75, 3.05) is 31.1 Å². The Kier molecular flexibility index (Phi) is 6.26. The first kappa shape index (κ1) is 23.4. The molecule has 1 fully saturated rings. The van der Waals surface area contributed by atoms with Gasteiger partial charge in [-0.3, -0.25) is 4.79 Å². The van der Waals surface area contributed by atoms with Gasteiger partial charge >= 0.3 is 0 Å². The maximum atomic E-state index is 13.0. The predicted octanol–water partition coefficient (Wildman–Crippen LogP) is 2.82. The summed E-state index contributed by atoms with van der Waals surface area (Å²) in [5.41, 5.74) is 2.55. The summed E-state index contributed by atoms with van der Waals surface area (Å²) in [5.74, 6) is 0.469. The minimum absolute atomic E-state index is 0.164. The van der Waals surface area contributed by atoms with E-state index in [1.165, 1.54) is 0 Å². The number of rotatable bonds is 8. The molecule has 10 heteroatoms. The molecule has 9 nitrogen and oxygen atoms in total. The lowest BCUT2D eigenvalue weighted by molar-refractivity contribution is 0.0305. The molecule has 1 aliphatic heterocycles. The van der Waals surface area contributed by atoms with Crippen molar-refractivity contribution in [1.82, 2.24) is 30.2 Å². The normalized spacial score (nSPS) is 15.7. The van der Waals surface area contributed by atoms with E-state index in [9.17, 15) is 9.90 Å². The van der Waals surface area contributed by atoms with E-state index >= 15 is 0 Å². The number of β-amino-alcohol motifs (C(OH)–C–C–N with tert-alkyl or cyclic N) is 1. The van der Waals surface area contributed by atoms with Crippen LogP contribution < -0.4 is 15.5 Å². The number of carbonyl (C=O) groups is 1. The van der Waals surface area contributed by atoms with Gasteiger partial charge in [0.05, 0.1) is 21.9 Å². The molecule has 0 spiro atoms. The summed E-state index contributed by atoms with van der Waals surface area (Å²) in [6.07, 6.45) is 1.88. The number of anilines is 1. The van der Waals surface area contributed by atoms with Crippen LogP contribution in [0.2, 0.25) is 0 Å². The zero-order valence-electron chi connectivity index (χ0n) is 20.0. The lowest BCUT2D eigenvalue weighted by Crippen LogP contribution is -2.60. The molecule has 0 unspecified atom stereocenters. The summed E-state index contributed by atoms with van der Waals surface area (Å²) in [6, 6.07) is 11.6. The minimum atomic E-state index is -0.757. The van der Waals surface area contributed by atoms with Crippen molar-refractivity contribution in [3.8, 4) is 22.0 Å². The van der Waals surface area contributed by atoms with Crippen LogP contribution in [0.4, 0.5) is 5.82 Å². The van der Waals surface area contributed by atoms with E-state index in [-0.39, 0.29) is 11.9 Å². The molecule has 0 radical (unpaired) electrons. The van der Waals surface area contributed by atoms with Crippen molar-refractivity contribution in [1.29, 1.82) is 0 Å². The lowest BCUT2D eigenvalue weighted by Gasteiger charge is -2.45. The SMILES string of the molecule is CCN[C@@H](C)CNC(=O)c1cc(-c2cc3nc(-c4cccs4)ccn3n2)nc(N2CC(C)(O)C2)c1. The van der Waals surface area contributed by atoms with Gasteiger partial charge in [0.15, 0.2) is 5.65 Å². The molecule has 1 amide bonds. The first-order chi connectivity index (χ1) is 16.8. The fraction of sp³-hybridized carbons (Fsp3) is 0.360. The molecule has 0 saturated carbocycles. The van der Waals surface area contributed by atoms with E-state index in [2.05, 4.69) is 15.7 Å². The Hall–Kier alpha value is -3.34. The van der Waals surface area contributed by atoms with Crippen molar-refractivity contribution >= 4 is 28.7 Å². The molecule has 0 bridgehead atoms. The van der Waals surface area contributed by atoms with Crippen LogP contribution in [0.15, 0.2) is 48.0 Å². The van der Waals surface area contributed by atoms with Gasteiger partial charge < -0.3 is 20.6 Å². The number of fused-ring (bicyclic) bond motifs is 1. The summed E-state index contributed by atoms with van der Waals surface area (Å²) in [6.45, 7) is 8.13. The van der Waals surface area contributed by atoms with Gasteiger partial charge in [-0.1, -0.05) is 13.0 Å². The van der Waals surface area contributed by atoms with Gasteiger partial charge in [-0.05, 0) is 50.0 Å². The second-order valence-electron chi connectivity index (χ2n) is 9.24. The van der Waals surface area contributed by atoms with Crippen molar-refractivity contribution in [2.24, 2.45) is 0 Å². The molecule has 4 aromatic heterocycles. The molecule has 35 heavy (non-hydrogen) atoms.